The molecule has 128 valence electrons. The van der Waals surface area contributed by atoms with E-state index in [1.54, 1.807) is 34.1 Å². The van der Waals surface area contributed by atoms with Crippen molar-refractivity contribution in [3.8, 4) is 0 Å². The quantitative estimate of drug-likeness (QED) is 0.807. The van der Waals surface area contributed by atoms with Gasteiger partial charge in [-0.05, 0) is 30.7 Å². The fraction of sp³-hybridized carbons (Fsp3) is 0.400. The average molecular weight is 349 g/mol. The van der Waals surface area contributed by atoms with Crippen molar-refractivity contribution in [3.05, 3.63) is 42.2 Å². The van der Waals surface area contributed by atoms with E-state index in [0.29, 0.717) is 18.7 Å². The van der Waals surface area contributed by atoms with Gasteiger partial charge in [0, 0.05) is 38.9 Å². The van der Waals surface area contributed by atoms with Crippen molar-refractivity contribution in [2.24, 2.45) is 0 Å². The van der Waals surface area contributed by atoms with Gasteiger partial charge >= 0.3 is 0 Å². The molecule has 0 N–H and O–H groups in total. The van der Waals surface area contributed by atoms with Gasteiger partial charge in [-0.1, -0.05) is 5.21 Å². The van der Waals surface area contributed by atoms with Crippen molar-refractivity contribution in [3.63, 3.8) is 0 Å². The number of sulfonamides is 1. The molecule has 9 heteroatoms. The normalized spacial score (nSPS) is 18.3. The van der Waals surface area contributed by atoms with Gasteiger partial charge in [0.1, 0.15) is 0 Å². The van der Waals surface area contributed by atoms with Crippen LogP contribution in [0.1, 0.15) is 22.8 Å². The fourth-order valence-corrected chi connectivity index (χ4v) is 3.62. The number of aromatic nitrogens is 3. The van der Waals surface area contributed by atoms with E-state index in [1.165, 1.54) is 26.2 Å². The summed E-state index contributed by atoms with van der Waals surface area (Å²) in [5.41, 5.74) is 0.479. The van der Waals surface area contributed by atoms with Crippen molar-refractivity contribution in [1.29, 1.82) is 0 Å². The summed E-state index contributed by atoms with van der Waals surface area (Å²) in [5.74, 6) is -0.105. The number of carbonyl (C=O) groups is 1. The van der Waals surface area contributed by atoms with Gasteiger partial charge in [-0.2, -0.15) is 0 Å². The summed E-state index contributed by atoms with van der Waals surface area (Å²) < 4.78 is 27.0. The van der Waals surface area contributed by atoms with E-state index >= 15 is 0 Å². The molecule has 0 radical (unpaired) electrons. The Balaban J connectivity index is 1.72. The maximum atomic E-state index is 12.6. The molecule has 1 aliphatic rings. The van der Waals surface area contributed by atoms with Gasteiger partial charge in [-0.25, -0.2) is 17.4 Å². The van der Waals surface area contributed by atoms with Gasteiger partial charge in [0.05, 0.1) is 17.1 Å². The molecular formula is C15H19N5O3S. The third-order valence-corrected chi connectivity index (χ3v) is 5.97. The lowest BCUT2D eigenvalue weighted by molar-refractivity contribution is 0.0787. The van der Waals surface area contributed by atoms with E-state index in [1.807, 2.05) is 0 Å². The molecule has 0 bridgehead atoms. The molecule has 1 aliphatic heterocycles. The monoisotopic (exact) mass is 349 g/mol. The van der Waals surface area contributed by atoms with E-state index in [-0.39, 0.29) is 16.8 Å². The number of hydrogen-bond donors (Lipinski definition) is 0. The minimum atomic E-state index is -3.49. The Morgan fingerprint density at radius 2 is 1.96 bits per heavy atom. The topological polar surface area (TPSA) is 88.4 Å². The molecule has 8 nitrogen and oxygen atoms in total. The molecule has 1 saturated heterocycles. The zero-order valence-corrected chi connectivity index (χ0v) is 14.3. The maximum absolute atomic E-state index is 12.6. The van der Waals surface area contributed by atoms with Crippen molar-refractivity contribution in [1.82, 2.24) is 24.2 Å². The Labute approximate surface area is 140 Å². The standard InChI is InChI=1S/C15H19N5O3S/c1-18(2)24(22,23)14-5-3-12(4-6-14)15(21)19-9-7-13(11-19)20-10-8-16-17-20/h3-6,8,10,13H,7,9,11H2,1-2H3/t13-/m0/s1. The minimum Gasteiger partial charge on any atom is -0.336 e. The van der Waals surface area contributed by atoms with Crippen LogP contribution in [-0.2, 0) is 10.0 Å². The molecule has 1 atom stereocenters. The van der Waals surface area contributed by atoms with Crippen LogP contribution in [0.25, 0.3) is 0 Å². The molecule has 2 aromatic rings. The van der Waals surface area contributed by atoms with E-state index in [2.05, 4.69) is 10.3 Å². The largest absolute Gasteiger partial charge is 0.336 e. The Kier molecular flexibility index (Phi) is 4.37. The van der Waals surface area contributed by atoms with Crippen molar-refractivity contribution >= 4 is 15.9 Å². The van der Waals surface area contributed by atoms with Crippen LogP contribution in [0, 0.1) is 0 Å². The first kappa shape index (κ1) is 16.6. The van der Waals surface area contributed by atoms with Gasteiger partial charge in [-0.15, -0.1) is 5.10 Å². The number of hydrogen-bond acceptors (Lipinski definition) is 5. The molecule has 2 heterocycles. The summed E-state index contributed by atoms with van der Waals surface area (Å²) in [6.45, 7) is 1.21. The number of rotatable bonds is 4. The lowest BCUT2D eigenvalue weighted by atomic mass is 10.2. The Morgan fingerprint density at radius 1 is 1.25 bits per heavy atom. The van der Waals surface area contributed by atoms with Crippen LogP contribution < -0.4 is 0 Å². The van der Waals surface area contributed by atoms with Crippen molar-refractivity contribution < 1.29 is 13.2 Å². The number of nitrogens with zero attached hydrogens (tertiary/aromatic N) is 5. The molecule has 1 fully saturated rings. The molecule has 0 unspecified atom stereocenters. The number of benzene rings is 1. The summed E-state index contributed by atoms with van der Waals surface area (Å²) in [6, 6.07) is 6.18. The molecule has 0 aliphatic carbocycles. The Morgan fingerprint density at radius 3 is 2.54 bits per heavy atom. The zero-order valence-electron chi connectivity index (χ0n) is 13.5. The van der Waals surface area contributed by atoms with E-state index in [9.17, 15) is 13.2 Å². The van der Waals surface area contributed by atoms with Crippen LogP contribution in [0.4, 0.5) is 0 Å². The summed E-state index contributed by atoms with van der Waals surface area (Å²) >= 11 is 0. The lowest BCUT2D eigenvalue weighted by Gasteiger charge is -2.17. The molecular weight excluding hydrogens is 330 g/mol. The second-order valence-corrected chi connectivity index (χ2v) is 8.04. The van der Waals surface area contributed by atoms with Gasteiger partial charge in [0.25, 0.3) is 5.91 Å². The lowest BCUT2D eigenvalue weighted by Crippen LogP contribution is -2.29. The SMILES string of the molecule is CN(C)S(=O)(=O)c1ccc(C(=O)N2CC[C@H](n3ccnn3)C2)cc1. The Hall–Kier alpha value is -2.26. The highest BCUT2D eigenvalue weighted by Crippen LogP contribution is 2.23. The van der Waals surface area contributed by atoms with Crippen LogP contribution >= 0.6 is 0 Å². The first-order valence-corrected chi connectivity index (χ1v) is 9.01. The van der Waals surface area contributed by atoms with Crippen molar-refractivity contribution in [2.45, 2.75) is 17.4 Å². The first-order valence-electron chi connectivity index (χ1n) is 7.57. The second kappa shape index (κ2) is 6.33. The van der Waals surface area contributed by atoms with Gasteiger partial charge in [-0.3, -0.25) is 4.79 Å². The number of likely N-dealkylation sites (tertiary alicyclic amines) is 1. The van der Waals surface area contributed by atoms with E-state index in [0.717, 1.165) is 10.7 Å². The van der Waals surface area contributed by atoms with Gasteiger partial charge < -0.3 is 4.90 Å². The molecule has 1 amide bonds. The van der Waals surface area contributed by atoms with Crippen LogP contribution in [0.3, 0.4) is 0 Å². The molecule has 24 heavy (non-hydrogen) atoms. The number of amides is 1. The maximum Gasteiger partial charge on any atom is 0.253 e. The van der Waals surface area contributed by atoms with Gasteiger partial charge in [0.15, 0.2) is 0 Å². The molecule has 1 aromatic carbocycles. The Bertz CT molecular complexity index is 815. The molecule has 0 spiro atoms. The molecule has 1 aromatic heterocycles. The highest BCUT2D eigenvalue weighted by Gasteiger charge is 2.28. The summed E-state index contributed by atoms with van der Waals surface area (Å²) in [4.78, 5) is 14.5. The summed E-state index contributed by atoms with van der Waals surface area (Å²) in [5, 5.41) is 7.77. The highest BCUT2D eigenvalue weighted by molar-refractivity contribution is 7.89. The van der Waals surface area contributed by atoms with Crippen LogP contribution in [-0.4, -0.2) is 65.7 Å². The van der Waals surface area contributed by atoms with Crippen LogP contribution in [0.15, 0.2) is 41.6 Å². The predicted molar refractivity (Wildman–Crippen MR) is 86.9 cm³/mol. The van der Waals surface area contributed by atoms with E-state index < -0.39 is 10.0 Å². The van der Waals surface area contributed by atoms with Crippen LogP contribution in [0.5, 0.6) is 0 Å². The van der Waals surface area contributed by atoms with Crippen molar-refractivity contribution in [2.75, 3.05) is 27.2 Å². The third-order valence-electron chi connectivity index (χ3n) is 4.15. The van der Waals surface area contributed by atoms with E-state index in [4.69, 9.17) is 0 Å². The summed E-state index contributed by atoms with van der Waals surface area (Å²) in [6.07, 6.45) is 4.23. The van der Waals surface area contributed by atoms with Crippen LogP contribution in [0.2, 0.25) is 0 Å². The predicted octanol–water partition coefficient (Wildman–Crippen LogP) is 0.616. The smallest absolute Gasteiger partial charge is 0.253 e. The third kappa shape index (κ3) is 3.04. The molecule has 3 rings (SSSR count). The fourth-order valence-electron chi connectivity index (χ4n) is 2.72. The summed E-state index contributed by atoms with van der Waals surface area (Å²) in [7, 11) is -0.537. The zero-order chi connectivity index (χ0) is 17.3. The minimum absolute atomic E-state index is 0.105. The molecule has 0 saturated carbocycles. The average Bonchev–Trinajstić information content (AvgIpc) is 3.25. The van der Waals surface area contributed by atoms with Gasteiger partial charge in [0.2, 0.25) is 10.0 Å². The number of carbonyl (C=O) groups excluding carboxylic acids is 1. The first-order chi connectivity index (χ1) is 11.4. The highest BCUT2D eigenvalue weighted by atomic mass is 32.2. The second-order valence-electron chi connectivity index (χ2n) is 5.89.